The molecule has 3 amide bonds. The molecule has 0 aromatic heterocycles. The van der Waals surface area contributed by atoms with Crippen LogP contribution in [-0.2, 0) is 113 Å². The van der Waals surface area contributed by atoms with E-state index in [1.807, 2.05) is 75.7 Å². The van der Waals surface area contributed by atoms with Gasteiger partial charge in [-0.1, -0.05) is 157 Å². The Labute approximate surface area is 827 Å². The van der Waals surface area contributed by atoms with Gasteiger partial charge in [0.2, 0.25) is 47.8 Å². The second-order valence-corrected chi connectivity index (χ2v) is 42.2. The minimum atomic E-state index is -3.87. The van der Waals surface area contributed by atoms with Gasteiger partial charge in [-0.25, -0.2) is 39.4 Å². The van der Waals surface area contributed by atoms with E-state index in [-0.39, 0.29) is 248 Å². The number of carbonyl (C=O) groups is 3. The largest absolute Gasteiger partial charge is 0.494 e. The molecule has 7 N–H and O–H groups in total. The highest BCUT2D eigenvalue weighted by atomic mass is 35.5. The fourth-order valence-corrected chi connectivity index (χ4v) is 22.0. The number of fused-ring (bicyclic) bond motifs is 3. The maximum Gasteiger partial charge on any atom is 0.240 e. The van der Waals surface area contributed by atoms with E-state index in [4.69, 9.17) is 117 Å². The van der Waals surface area contributed by atoms with Crippen LogP contribution in [0.25, 0.3) is 0 Å². The lowest BCUT2D eigenvalue weighted by Crippen LogP contribution is -2.47. The molecule has 0 spiro atoms. The van der Waals surface area contributed by atoms with Crippen molar-refractivity contribution in [3.8, 4) is 5.75 Å². The number of sulfonamides is 3. The zero-order valence-corrected chi connectivity index (χ0v) is 84.8. The maximum absolute atomic E-state index is 13.8. The molecule has 1 unspecified atom stereocenters. The first-order valence-electron chi connectivity index (χ1n) is 46.6. The van der Waals surface area contributed by atoms with Crippen molar-refractivity contribution in [2.75, 3.05) is 206 Å². The highest BCUT2D eigenvalue weighted by Gasteiger charge is 2.37. The summed E-state index contributed by atoms with van der Waals surface area (Å²) < 4.78 is 146. The van der Waals surface area contributed by atoms with E-state index < -0.39 is 35.6 Å². The molecule has 4 aliphatic rings. The number of benzene rings is 6. The molecule has 3 heterocycles. The van der Waals surface area contributed by atoms with Crippen molar-refractivity contribution in [3.05, 3.63) is 213 Å². The molecule has 4 atom stereocenters. The van der Waals surface area contributed by atoms with Crippen molar-refractivity contribution in [1.29, 1.82) is 0 Å². The van der Waals surface area contributed by atoms with Gasteiger partial charge in [0.25, 0.3) is 0 Å². The van der Waals surface area contributed by atoms with Gasteiger partial charge in [0, 0.05) is 158 Å². The van der Waals surface area contributed by atoms with E-state index in [0.29, 0.717) is 87.3 Å². The van der Waals surface area contributed by atoms with E-state index in [1.54, 1.807) is 66.7 Å². The smallest absolute Gasteiger partial charge is 0.240 e. The molecule has 3 aliphatic heterocycles. The molecule has 6 aromatic carbocycles. The fraction of sp³-hybridized carbons (Fsp3) is 0.557. The first-order valence-corrected chi connectivity index (χ1v) is 53.3. The number of nitrogens with zero attached hydrogens (tertiary/aromatic N) is 3. The first kappa shape index (κ1) is 111. The number of hydrogen-bond acceptors (Lipinski definition) is 23. The van der Waals surface area contributed by atoms with Gasteiger partial charge in [-0.15, -0.1) is 0 Å². The molecule has 6 aromatic rings. The highest BCUT2D eigenvalue weighted by molar-refractivity contribution is 7.93. The number of allylic oxidation sites excluding steroid dienone is 4. The van der Waals surface area contributed by atoms with E-state index in [9.17, 15) is 39.6 Å². The van der Waals surface area contributed by atoms with Crippen LogP contribution in [0.4, 0.5) is 0 Å². The summed E-state index contributed by atoms with van der Waals surface area (Å²) in [5.74, 6) is -0.346. The minimum Gasteiger partial charge on any atom is -0.494 e. The maximum atomic E-state index is 13.8. The minimum absolute atomic E-state index is 0.00753. The quantitative estimate of drug-likeness (QED) is 0.0174. The van der Waals surface area contributed by atoms with Gasteiger partial charge in [0.15, 0.2) is 0 Å². The lowest BCUT2D eigenvalue weighted by atomic mass is 9.78. The third-order valence-electron chi connectivity index (χ3n) is 24.0. The van der Waals surface area contributed by atoms with E-state index >= 15 is 0 Å². The van der Waals surface area contributed by atoms with Gasteiger partial charge in [-0.05, 0) is 188 Å². The lowest BCUT2D eigenvalue weighted by molar-refractivity contribution is -0.121. The van der Waals surface area contributed by atoms with Crippen LogP contribution in [0.5, 0.6) is 5.75 Å². The molecule has 29 nitrogen and oxygen atoms in total. The van der Waals surface area contributed by atoms with Crippen LogP contribution in [0.1, 0.15) is 158 Å². The lowest BCUT2D eigenvalue weighted by Gasteiger charge is -2.37. The molecular formula is C97H134Cl6N10O19S3. The summed E-state index contributed by atoms with van der Waals surface area (Å²) in [6, 6.07) is 32.6. The Morgan fingerprint density at radius 1 is 0.415 bits per heavy atom. The second-order valence-electron chi connectivity index (χ2n) is 34.3. The van der Waals surface area contributed by atoms with E-state index in [2.05, 4.69) is 63.1 Å². The Balaban J connectivity index is 0.646. The van der Waals surface area contributed by atoms with Gasteiger partial charge in [-0.3, -0.25) is 14.4 Å². The van der Waals surface area contributed by atoms with Crippen LogP contribution in [0.15, 0.2) is 142 Å². The van der Waals surface area contributed by atoms with Gasteiger partial charge in [0.1, 0.15) is 5.75 Å². The zero-order chi connectivity index (χ0) is 96.4. The summed E-state index contributed by atoms with van der Waals surface area (Å²) in [5.41, 5.74) is 7.63. The molecule has 0 saturated heterocycles. The predicted octanol–water partition coefficient (Wildman–Crippen LogP) is 13.7. The van der Waals surface area contributed by atoms with Crippen molar-refractivity contribution >= 4 is 117 Å². The van der Waals surface area contributed by atoms with Gasteiger partial charge >= 0.3 is 0 Å². The SMILES string of the molecule is CCCCCCCCOc1ccc(CNC(CCC(=O)NCCOCCOCCOCCNS(=O)(=O)C2=CC=CC([C@@H]3CN(C)Cc4c(Cl)cc(Cl)cc43)C2)(CCC(=O)NCCOCCOCCOCCNS(=O)(=O)c2cccc([C@@H]3CN(C)Cc4c(Cl)cc(Cl)cc43)c2)CCC(=O)NCCOCCOCCOCCNS(=O)(=O)c2cccc([C@@H]3CN(C)Cc4c(Cl)cc(Cl)cc43)c2)cc1. The Bertz CT molecular complexity index is 4960. The molecule has 0 radical (unpaired) electrons. The summed E-state index contributed by atoms with van der Waals surface area (Å²) >= 11 is 39.1. The number of likely N-dealkylation sites (N-methyl/N-ethyl adjacent to an activating group) is 3. The van der Waals surface area contributed by atoms with Crippen LogP contribution in [0.2, 0.25) is 30.1 Å². The number of nitrogens with one attached hydrogen (secondary N) is 7. The summed E-state index contributed by atoms with van der Waals surface area (Å²) in [6.07, 6.45) is 13.6. The van der Waals surface area contributed by atoms with Crippen LogP contribution in [-0.4, -0.2) is 269 Å². The Morgan fingerprint density at radius 2 is 0.785 bits per heavy atom. The zero-order valence-electron chi connectivity index (χ0n) is 77.8. The highest BCUT2D eigenvalue weighted by Crippen LogP contribution is 2.45. The number of halogens is 6. The Morgan fingerprint density at radius 3 is 1.21 bits per heavy atom. The number of hydrogen-bond donors (Lipinski definition) is 7. The average Bonchev–Trinajstić information content (AvgIpc) is 0.778. The second kappa shape index (κ2) is 58.4. The topological polar surface area (TPSA) is 340 Å². The first-order chi connectivity index (χ1) is 65.1. The molecule has 38 heteroatoms. The normalized spacial score (nSPS) is 16.7. The Hall–Kier alpha value is -6.04. The van der Waals surface area contributed by atoms with E-state index in [1.165, 1.54) is 25.7 Å². The third kappa shape index (κ3) is 37.7. The predicted molar refractivity (Wildman–Crippen MR) is 529 cm³/mol. The van der Waals surface area contributed by atoms with E-state index in [0.717, 1.165) is 75.2 Å². The van der Waals surface area contributed by atoms with Crippen molar-refractivity contribution in [1.82, 2.24) is 50.1 Å². The van der Waals surface area contributed by atoms with Gasteiger partial charge in [-0.2, -0.15) is 0 Å². The molecular weight excluding hydrogens is 1920 g/mol. The number of unbranched alkanes of at least 4 members (excludes halogenated alkanes) is 5. The van der Waals surface area contributed by atoms with Crippen molar-refractivity contribution in [3.63, 3.8) is 0 Å². The molecule has 135 heavy (non-hydrogen) atoms. The molecule has 0 fully saturated rings. The number of rotatable bonds is 65. The molecule has 1 aliphatic carbocycles. The summed E-state index contributed by atoms with van der Waals surface area (Å²) in [4.78, 5) is 48.5. The summed E-state index contributed by atoms with van der Waals surface area (Å²) in [5, 5.41) is 16.0. The fourth-order valence-electron chi connectivity index (χ4n) is 16.9. The third-order valence-corrected chi connectivity index (χ3v) is 30.2. The number of amides is 3. The molecule has 0 saturated carbocycles. The van der Waals surface area contributed by atoms with Crippen LogP contribution >= 0.6 is 69.6 Å². The van der Waals surface area contributed by atoms with Crippen LogP contribution in [0, 0.1) is 5.92 Å². The van der Waals surface area contributed by atoms with Crippen molar-refractivity contribution < 1.29 is 87.0 Å². The standard InChI is InChI=1S/C97H134Cl6N10O19S3/c1-5-6-7-8-9-10-36-132-78-22-20-71(21-23-78)64-107-97(27-24-94(114)104-30-37-123-43-49-129-52-46-126-40-33-108-133(117,118)79-17-11-14-72(55-79)85-65-111(2)68-88-82(85)58-75(98)61-91(88)101,28-25-95(115)105-31-38-124-44-50-130-53-47-127-41-34-109-134(119,120)80-18-12-15-73(56-80)86-66-112(3)69-89-83(86)59-76(99)62-92(89)102)29-26-96(116)106-32-39-125-45-51-131-54-48-128-42-35-110-135(121,122)81-19-13-16-74(57-81)87-67-113(4)70-90-84(87)60-77(100)63-93(90)103/h11-23,55-56,58-63,74,85-87,107-110H,5-10,24-54,57,64-70H2,1-4H3,(H,104,114)(H,105,115)(H,106,116)/t74?,85-,86-,87-/m0/s1. The number of ether oxygens (including phenoxy) is 10. The summed E-state index contributed by atoms with van der Waals surface area (Å²) in [6.45, 7) is 11.8. The molecule has 0 bridgehead atoms. The summed E-state index contributed by atoms with van der Waals surface area (Å²) in [7, 11) is -5.50. The number of carbonyl (C=O) groups excluding carboxylic acids is 3. The average molecular weight is 2050 g/mol. The van der Waals surface area contributed by atoms with Crippen molar-refractivity contribution in [2.24, 2.45) is 5.92 Å². The van der Waals surface area contributed by atoms with Crippen LogP contribution in [0.3, 0.4) is 0 Å². The van der Waals surface area contributed by atoms with Gasteiger partial charge < -0.3 is 83.3 Å². The molecule has 746 valence electrons. The van der Waals surface area contributed by atoms with Gasteiger partial charge in [0.05, 0.1) is 140 Å². The van der Waals surface area contributed by atoms with Crippen molar-refractivity contribution in [2.45, 2.75) is 150 Å². The molecule has 10 rings (SSSR count). The Kier molecular flexibility index (Phi) is 48.0. The monoisotopic (exact) mass is 2050 g/mol. The van der Waals surface area contributed by atoms with Crippen LogP contribution < -0.4 is 40.2 Å².